The molecule has 1 aliphatic rings. The van der Waals surface area contributed by atoms with Crippen molar-refractivity contribution in [2.75, 3.05) is 20.2 Å². The molecule has 2 aromatic rings. The Hall–Kier alpha value is -1.44. The van der Waals surface area contributed by atoms with Crippen molar-refractivity contribution < 1.29 is 17.5 Å². The molecule has 0 spiro atoms. The Morgan fingerprint density at radius 2 is 2.18 bits per heavy atom. The molecule has 3 rings (SSSR count). The van der Waals surface area contributed by atoms with Crippen LogP contribution < -0.4 is 4.74 Å². The number of ether oxygens (including phenoxy) is 1. The van der Waals surface area contributed by atoms with Crippen LogP contribution in [-0.2, 0) is 10.0 Å². The van der Waals surface area contributed by atoms with Crippen molar-refractivity contribution in [1.82, 2.24) is 4.31 Å². The van der Waals surface area contributed by atoms with Gasteiger partial charge in [-0.05, 0) is 52.9 Å². The number of benzene rings is 1. The van der Waals surface area contributed by atoms with Gasteiger partial charge in [0.05, 0.1) is 7.11 Å². The van der Waals surface area contributed by atoms with Gasteiger partial charge in [-0.2, -0.15) is 15.6 Å². The molecule has 0 saturated carbocycles. The summed E-state index contributed by atoms with van der Waals surface area (Å²) in [5, 5.41) is 4.03. The second kappa shape index (κ2) is 5.98. The maximum Gasteiger partial charge on any atom is 0.246 e. The first-order chi connectivity index (χ1) is 10.5. The largest absolute Gasteiger partial charge is 0.495 e. The van der Waals surface area contributed by atoms with Gasteiger partial charge in [-0.25, -0.2) is 12.8 Å². The lowest BCUT2D eigenvalue weighted by Gasteiger charge is -2.18. The van der Waals surface area contributed by atoms with E-state index in [1.54, 1.807) is 11.3 Å². The number of hydrogen-bond acceptors (Lipinski definition) is 4. The third-order valence-electron chi connectivity index (χ3n) is 3.91. The molecule has 0 amide bonds. The van der Waals surface area contributed by atoms with Gasteiger partial charge in [-0.3, -0.25) is 0 Å². The van der Waals surface area contributed by atoms with Gasteiger partial charge in [0, 0.05) is 13.1 Å². The summed E-state index contributed by atoms with van der Waals surface area (Å²) in [5.74, 6) is -0.228. The summed E-state index contributed by atoms with van der Waals surface area (Å²) in [6.45, 7) is 0.848. The van der Waals surface area contributed by atoms with E-state index in [0.717, 1.165) is 18.1 Å². The monoisotopic (exact) mass is 341 g/mol. The Balaban J connectivity index is 1.90. The van der Waals surface area contributed by atoms with Crippen LogP contribution >= 0.6 is 11.3 Å². The van der Waals surface area contributed by atoms with Gasteiger partial charge in [-0.15, -0.1) is 0 Å². The van der Waals surface area contributed by atoms with Crippen LogP contribution in [0.5, 0.6) is 5.75 Å². The molecular weight excluding hydrogens is 325 g/mol. The number of thiophene rings is 1. The first-order valence-corrected chi connectivity index (χ1v) is 9.26. The molecule has 0 N–H and O–H groups in total. The molecule has 1 aliphatic heterocycles. The quantitative estimate of drug-likeness (QED) is 0.859. The highest BCUT2D eigenvalue weighted by Gasteiger charge is 2.35. The molecule has 4 nitrogen and oxygen atoms in total. The SMILES string of the molecule is COc1ccc(F)cc1S(=O)(=O)N1CC[C@H](c2ccsc2)C1. The molecule has 0 unspecified atom stereocenters. The average Bonchev–Trinajstić information content (AvgIpc) is 3.18. The summed E-state index contributed by atoms with van der Waals surface area (Å²) in [6.07, 6.45) is 0.771. The molecule has 0 bridgehead atoms. The van der Waals surface area contributed by atoms with E-state index >= 15 is 0 Å². The lowest BCUT2D eigenvalue weighted by molar-refractivity contribution is 0.396. The molecule has 0 radical (unpaired) electrons. The van der Waals surface area contributed by atoms with Crippen molar-refractivity contribution in [1.29, 1.82) is 0 Å². The van der Waals surface area contributed by atoms with E-state index in [-0.39, 0.29) is 16.6 Å². The van der Waals surface area contributed by atoms with E-state index in [0.29, 0.717) is 13.1 Å². The zero-order valence-corrected chi connectivity index (χ0v) is 13.7. The highest BCUT2D eigenvalue weighted by Crippen LogP contribution is 2.34. The van der Waals surface area contributed by atoms with Crippen molar-refractivity contribution in [3.63, 3.8) is 0 Å². The van der Waals surface area contributed by atoms with Crippen LogP contribution in [0.3, 0.4) is 0 Å². The van der Waals surface area contributed by atoms with E-state index in [4.69, 9.17) is 4.74 Å². The van der Waals surface area contributed by atoms with Crippen molar-refractivity contribution in [3.05, 3.63) is 46.4 Å². The van der Waals surface area contributed by atoms with Crippen LogP contribution in [0.2, 0.25) is 0 Å². The third-order valence-corrected chi connectivity index (χ3v) is 6.50. The number of nitrogens with zero attached hydrogens (tertiary/aromatic N) is 1. The fourth-order valence-electron chi connectivity index (χ4n) is 2.72. The summed E-state index contributed by atoms with van der Waals surface area (Å²) < 4.78 is 45.5. The topological polar surface area (TPSA) is 46.6 Å². The normalized spacial score (nSPS) is 19.5. The molecule has 0 aliphatic carbocycles. The van der Waals surface area contributed by atoms with Crippen LogP contribution in [0.1, 0.15) is 17.9 Å². The predicted molar refractivity (Wildman–Crippen MR) is 83.4 cm³/mol. The summed E-state index contributed by atoms with van der Waals surface area (Å²) >= 11 is 1.60. The van der Waals surface area contributed by atoms with E-state index in [1.165, 1.54) is 23.5 Å². The Morgan fingerprint density at radius 1 is 1.36 bits per heavy atom. The van der Waals surface area contributed by atoms with Gasteiger partial charge in [0.1, 0.15) is 16.5 Å². The van der Waals surface area contributed by atoms with Gasteiger partial charge in [0.2, 0.25) is 10.0 Å². The first-order valence-electron chi connectivity index (χ1n) is 6.88. The van der Waals surface area contributed by atoms with Crippen LogP contribution in [-0.4, -0.2) is 32.9 Å². The van der Waals surface area contributed by atoms with Gasteiger partial charge >= 0.3 is 0 Å². The molecule has 22 heavy (non-hydrogen) atoms. The van der Waals surface area contributed by atoms with Gasteiger partial charge in [-0.1, -0.05) is 0 Å². The second-order valence-electron chi connectivity index (χ2n) is 5.20. The van der Waals surface area contributed by atoms with Crippen LogP contribution in [0, 0.1) is 5.82 Å². The molecule has 1 saturated heterocycles. The maximum absolute atomic E-state index is 13.5. The zero-order chi connectivity index (χ0) is 15.7. The smallest absolute Gasteiger partial charge is 0.246 e. The van der Waals surface area contributed by atoms with Crippen LogP contribution in [0.15, 0.2) is 39.9 Å². The Morgan fingerprint density at radius 3 is 2.86 bits per heavy atom. The molecule has 118 valence electrons. The van der Waals surface area contributed by atoms with Crippen molar-refractivity contribution in [3.8, 4) is 5.75 Å². The minimum absolute atomic E-state index is 0.110. The number of halogens is 1. The highest BCUT2D eigenvalue weighted by atomic mass is 32.2. The molecule has 1 aromatic heterocycles. The van der Waals surface area contributed by atoms with E-state index in [9.17, 15) is 12.8 Å². The molecule has 1 fully saturated rings. The molecule has 7 heteroatoms. The third kappa shape index (κ3) is 2.76. The zero-order valence-electron chi connectivity index (χ0n) is 12.0. The molecular formula is C15H16FNO3S2. The fourth-order valence-corrected chi connectivity index (χ4v) is 5.13. The Labute approximate surface area is 133 Å². The summed E-state index contributed by atoms with van der Waals surface area (Å²) in [7, 11) is -2.38. The van der Waals surface area contributed by atoms with Gasteiger partial charge in [0.15, 0.2) is 0 Å². The minimum atomic E-state index is -3.76. The molecule has 1 atom stereocenters. The lowest BCUT2D eigenvalue weighted by Crippen LogP contribution is -2.29. The Kier molecular flexibility index (Phi) is 4.20. The number of methoxy groups -OCH3 is 1. The van der Waals surface area contributed by atoms with E-state index in [1.807, 2.05) is 16.8 Å². The minimum Gasteiger partial charge on any atom is -0.495 e. The second-order valence-corrected chi connectivity index (χ2v) is 7.89. The average molecular weight is 341 g/mol. The number of rotatable bonds is 4. The summed E-state index contributed by atoms with van der Waals surface area (Å²) in [4.78, 5) is -0.110. The standard InChI is InChI=1S/C15H16FNO3S2/c1-20-14-3-2-13(16)8-15(14)22(18,19)17-6-4-11(9-17)12-5-7-21-10-12/h2-3,5,7-8,10-11H,4,6,9H2,1H3/t11-/m0/s1. The van der Waals surface area contributed by atoms with Gasteiger partial charge < -0.3 is 4.74 Å². The Bertz CT molecular complexity index is 759. The summed E-state index contributed by atoms with van der Waals surface area (Å²) in [5.41, 5.74) is 1.16. The lowest BCUT2D eigenvalue weighted by atomic mass is 10.0. The van der Waals surface area contributed by atoms with Gasteiger partial charge in [0.25, 0.3) is 0 Å². The van der Waals surface area contributed by atoms with Crippen molar-refractivity contribution >= 4 is 21.4 Å². The summed E-state index contributed by atoms with van der Waals surface area (Å²) in [6, 6.07) is 5.57. The van der Waals surface area contributed by atoms with E-state index < -0.39 is 15.8 Å². The van der Waals surface area contributed by atoms with Crippen LogP contribution in [0.4, 0.5) is 4.39 Å². The number of sulfonamides is 1. The molecule has 2 heterocycles. The fraction of sp³-hybridized carbons (Fsp3) is 0.333. The molecule has 1 aromatic carbocycles. The number of hydrogen-bond donors (Lipinski definition) is 0. The first kappa shape index (κ1) is 15.5. The van der Waals surface area contributed by atoms with Crippen molar-refractivity contribution in [2.45, 2.75) is 17.2 Å². The highest BCUT2D eigenvalue weighted by molar-refractivity contribution is 7.89. The van der Waals surface area contributed by atoms with Crippen molar-refractivity contribution in [2.24, 2.45) is 0 Å². The predicted octanol–water partition coefficient (Wildman–Crippen LogP) is 3.07. The maximum atomic E-state index is 13.5. The van der Waals surface area contributed by atoms with E-state index in [2.05, 4.69) is 0 Å². The van der Waals surface area contributed by atoms with Crippen LogP contribution in [0.25, 0.3) is 0 Å².